The van der Waals surface area contributed by atoms with Gasteiger partial charge in [0.2, 0.25) is 5.91 Å². The van der Waals surface area contributed by atoms with Gasteiger partial charge in [-0.1, -0.05) is 385 Å². The molecule has 0 aromatic rings. The largest absolute Gasteiger partial charge is 0.466 e. The van der Waals surface area contributed by atoms with Crippen LogP contribution in [0.1, 0.15) is 431 Å². The van der Waals surface area contributed by atoms with Gasteiger partial charge in [-0.15, -0.1) is 0 Å². The number of rotatable bonds is 72. The van der Waals surface area contributed by atoms with Gasteiger partial charge in [0.05, 0.1) is 25.4 Å². The Bertz CT molecular complexity index is 1300. The maximum atomic E-state index is 12.5. The molecule has 6 heteroatoms. The monoisotopic (exact) mass is 1170 g/mol. The lowest BCUT2D eigenvalue weighted by Crippen LogP contribution is -2.45. The second-order valence-corrected chi connectivity index (χ2v) is 26.3. The first-order chi connectivity index (χ1) is 41.0. The lowest BCUT2D eigenvalue weighted by molar-refractivity contribution is -0.143. The maximum absolute atomic E-state index is 12.5. The molecule has 0 aliphatic carbocycles. The number of nitrogens with one attached hydrogen (secondary N) is 1. The Morgan fingerprint density at radius 1 is 0.325 bits per heavy atom. The van der Waals surface area contributed by atoms with Crippen LogP contribution in [0.25, 0.3) is 0 Å². The van der Waals surface area contributed by atoms with E-state index in [0.29, 0.717) is 19.4 Å². The average molecular weight is 1170 g/mol. The Morgan fingerprint density at radius 3 is 0.855 bits per heavy atom. The molecule has 0 rings (SSSR count). The zero-order valence-corrected chi connectivity index (χ0v) is 56.5. The molecular formula is C77H149NO5. The molecule has 1 amide bonds. The van der Waals surface area contributed by atoms with Crippen LogP contribution in [-0.4, -0.2) is 47.4 Å². The van der Waals surface area contributed by atoms with Gasteiger partial charge in [0, 0.05) is 12.8 Å². The predicted molar refractivity (Wildman–Crippen MR) is 366 cm³/mol. The van der Waals surface area contributed by atoms with Gasteiger partial charge < -0.3 is 20.3 Å². The normalized spacial score (nSPS) is 12.6. The van der Waals surface area contributed by atoms with Crippen LogP contribution in [0.2, 0.25) is 0 Å². The zero-order chi connectivity index (χ0) is 59.9. The van der Waals surface area contributed by atoms with Crippen LogP contribution in [0.3, 0.4) is 0 Å². The van der Waals surface area contributed by atoms with E-state index >= 15 is 0 Å². The number of unbranched alkanes of at least 4 members (excludes halogenated alkanes) is 59. The highest BCUT2D eigenvalue weighted by atomic mass is 16.5. The first kappa shape index (κ1) is 81.3. The predicted octanol–water partition coefficient (Wildman–Crippen LogP) is 24.9. The van der Waals surface area contributed by atoms with Gasteiger partial charge in [-0.3, -0.25) is 9.59 Å². The summed E-state index contributed by atoms with van der Waals surface area (Å²) in [4.78, 5) is 24.6. The second kappa shape index (κ2) is 72.8. The van der Waals surface area contributed by atoms with E-state index in [9.17, 15) is 19.8 Å². The Morgan fingerprint density at radius 2 is 0.566 bits per heavy atom. The molecule has 0 saturated heterocycles. The van der Waals surface area contributed by atoms with Crippen molar-refractivity contribution in [1.82, 2.24) is 5.32 Å². The number of aliphatic hydroxyl groups excluding tert-OH is 2. The Kier molecular flexibility index (Phi) is 71.4. The fraction of sp³-hybridized carbons (Fsp3) is 0.922. The van der Waals surface area contributed by atoms with E-state index in [0.717, 1.165) is 38.5 Å². The van der Waals surface area contributed by atoms with Crippen molar-refractivity contribution in [2.24, 2.45) is 0 Å². The molecule has 0 aliphatic heterocycles. The summed E-state index contributed by atoms with van der Waals surface area (Å²) in [6.07, 6.45) is 92.9. The van der Waals surface area contributed by atoms with Crippen LogP contribution in [0.15, 0.2) is 24.3 Å². The van der Waals surface area contributed by atoms with Crippen LogP contribution < -0.4 is 5.32 Å². The van der Waals surface area contributed by atoms with E-state index in [2.05, 4.69) is 31.3 Å². The van der Waals surface area contributed by atoms with E-state index in [1.165, 1.54) is 366 Å². The van der Waals surface area contributed by atoms with E-state index in [1.807, 2.05) is 6.08 Å². The molecule has 0 bridgehead atoms. The smallest absolute Gasteiger partial charge is 0.305 e. The van der Waals surface area contributed by atoms with Crippen LogP contribution >= 0.6 is 0 Å². The van der Waals surface area contributed by atoms with Crippen molar-refractivity contribution in [3.63, 3.8) is 0 Å². The summed E-state index contributed by atoms with van der Waals surface area (Å²) in [6, 6.07) is -0.625. The van der Waals surface area contributed by atoms with Gasteiger partial charge in [-0.05, 0) is 57.8 Å². The Balaban J connectivity index is 3.35. The highest BCUT2D eigenvalue weighted by Gasteiger charge is 2.18. The maximum Gasteiger partial charge on any atom is 0.305 e. The van der Waals surface area contributed by atoms with Gasteiger partial charge >= 0.3 is 5.97 Å². The molecule has 0 radical (unpaired) electrons. The molecule has 0 saturated carbocycles. The summed E-state index contributed by atoms with van der Waals surface area (Å²) >= 11 is 0. The second-order valence-electron chi connectivity index (χ2n) is 26.3. The number of esters is 1. The van der Waals surface area contributed by atoms with Crippen molar-refractivity contribution in [1.29, 1.82) is 0 Å². The van der Waals surface area contributed by atoms with Gasteiger partial charge in [0.1, 0.15) is 0 Å². The van der Waals surface area contributed by atoms with Crippen LogP contribution in [0.4, 0.5) is 0 Å². The van der Waals surface area contributed by atoms with Crippen molar-refractivity contribution in [3.05, 3.63) is 24.3 Å². The van der Waals surface area contributed by atoms with Crippen molar-refractivity contribution >= 4 is 11.9 Å². The van der Waals surface area contributed by atoms with Gasteiger partial charge in [-0.2, -0.15) is 0 Å². The highest BCUT2D eigenvalue weighted by molar-refractivity contribution is 5.76. The molecule has 2 atom stereocenters. The number of hydrogen-bond donors (Lipinski definition) is 3. The molecule has 0 heterocycles. The molecule has 492 valence electrons. The summed E-state index contributed by atoms with van der Waals surface area (Å²) in [5, 5.41) is 23.2. The Labute approximate surface area is 520 Å². The molecule has 2 unspecified atom stereocenters. The van der Waals surface area contributed by atoms with Crippen molar-refractivity contribution < 1.29 is 24.5 Å². The summed E-state index contributed by atoms with van der Waals surface area (Å²) in [6.45, 7) is 4.95. The van der Waals surface area contributed by atoms with E-state index in [1.54, 1.807) is 6.08 Å². The minimum Gasteiger partial charge on any atom is -0.466 e. The topological polar surface area (TPSA) is 95.9 Å². The van der Waals surface area contributed by atoms with Crippen LogP contribution in [0, 0.1) is 0 Å². The lowest BCUT2D eigenvalue weighted by Gasteiger charge is -2.20. The third-order valence-electron chi connectivity index (χ3n) is 18.0. The van der Waals surface area contributed by atoms with E-state index in [-0.39, 0.29) is 18.5 Å². The van der Waals surface area contributed by atoms with Crippen molar-refractivity contribution in [2.75, 3.05) is 13.2 Å². The molecule has 0 spiro atoms. The van der Waals surface area contributed by atoms with Gasteiger partial charge in [0.25, 0.3) is 0 Å². The first-order valence-corrected chi connectivity index (χ1v) is 38.1. The number of ether oxygens (including phenoxy) is 1. The SMILES string of the molecule is CCCCCCCCCCCCCCCCCC/C=C/C(O)C(CO)NC(=O)CCCCCCCCCCCCCCCCCCC/C=C\CCCCCCCCCCCCCCCCOC(=O)CCCCCCCCCCCCCCC. The third-order valence-corrected chi connectivity index (χ3v) is 18.0. The quantitative estimate of drug-likeness (QED) is 0.0320. The molecule has 6 nitrogen and oxygen atoms in total. The minimum atomic E-state index is -0.842. The van der Waals surface area contributed by atoms with Gasteiger partial charge in [0.15, 0.2) is 0 Å². The molecule has 0 fully saturated rings. The lowest BCUT2D eigenvalue weighted by atomic mass is 10.0. The third kappa shape index (κ3) is 69.3. The summed E-state index contributed by atoms with van der Waals surface area (Å²) in [5.41, 5.74) is 0. The summed E-state index contributed by atoms with van der Waals surface area (Å²) < 4.78 is 5.49. The molecule has 0 aromatic carbocycles. The fourth-order valence-corrected chi connectivity index (χ4v) is 12.2. The first-order valence-electron chi connectivity index (χ1n) is 38.1. The minimum absolute atomic E-state index is 0.0223. The van der Waals surface area contributed by atoms with Crippen LogP contribution in [0.5, 0.6) is 0 Å². The molecule has 0 aliphatic rings. The van der Waals surface area contributed by atoms with Crippen molar-refractivity contribution in [3.8, 4) is 0 Å². The Hall–Kier alpha value is -1.66. The molecule has 3 N–H and O–H groups in total. The highest BCUT2D eigenvalue weighted by Crippen LogP contribution is 2.19. The number of carbonyl (C=O) groups is 2. The fourth-order valence-electron chi connectivity index (χ4n) is 12.2. The zero-order valence-electron chi connectivity index (χ0n) is 56.5. The average Bonchev–Trinajstić information content (AvgIpc) is 3.49. The van der Waals surface area contributed by atoms with Gasteiger partial charge in [-0.25, -0.2) is 0 Å². The standard InChI is InChI=1S/C77H149NO5/c1-3-5-7-9-11-13-15-17-18-19-39-42-46-49-53-57-61-65-69-75(80)74(73-79)78-76(81)70-66-62-58-54-50-47-43-40-37-35-33-31-29-27-25-23-21-20-22-24-26-28-30-32-34-36-38-41-44-48-52-56-60-64-68-72-83-77(82)71-67-63-59-55-51-45-16-14-12-10-8-6-4-2/h22,24,65,69,74-75,79-80H,3-21,23,25-64,66-68,70-73H2,1-2H3,(H,78,81)/b24-22-,69-65+. The summed E-state index contributed by atoms with van der Waals surface area (Å²) in [7, 11) is 0. The number of hydrogen-bond acceptors (Lipinski definition) is 5. The number of allylic oxidation sites excluding steroid dienone is 3. The molecular weight excluding hydrogens is 1020 g/mol. The van der Waals surface area contributed by atoms with E-state index in [4.69, 9.17) is 4.74 Å². The van der Waals surface area contributed by atoms with Crippen molar-refractivity contribution in [2.45, 2.75) is 443 Å². The van der Waals surface area contributed by atoms with Crippen LogP contribution in [-0.2, 0) is 14.3 Å². The summed E-state index contributed by atoms with van der Waals surface area (Å²) in [5.74, 6) is -0.0382. The molecule has 83 heavy (non-hydrogen) atoms. The molecule has 0 aromatic heterocycles. The number of carbonyl (C=O) groups excluding carboxylic acids is 2. The number of amides is 1. The number of aliphatic hydroxyl groups is 2. The van der Waals surface area contributed by atoms with E-state index < -0.39 is 12.1 Å².